The Morgan fingerprint density at radius 1 is 1.08 bits per heavy atom. The lowest BCUT2D eigenvalue weighted by Crippen LogP contribution is -2.52. The van der Waals surface area contributed by atoms with Crippen molar-refractivity contribution in [1.82, 2.24) is 5.43 Å². The number of hydrogen-bond donors (Lipinski definition) is 2. The number of carbonyl (C=O) groups is 1. The summed E-state index contributed by atoms with van der Waals surface area (Å²) in [6.45, 7) is 1.56. The van der Waals surface area contributed by atoms with Crippen LogP contribution in [0.5, 0.6) is 0 Å². The fourth-order valence-corrected chi connectivity index (χ4v) is 2.11. The maximum absolute atomic E-state index is 12.4. The number of halogens is 3. The van der Waals surface area contributed by atoms with E-state index in [1.165, 1.54) is 0 Å². The van der Waals surface area contributed by atoms with Crippen molar-refractivity contribution in [2.45, 2.75) is 25.2 Å². The van der Waals surface area contributed by atoms with Gasteiger partial charge in [-0.1, -0.05) is 60.7 Å². The molecule has 1 atom stereocenters. The van der Waals surface area contributed by atoms with Gasteiger partial charge in [-0.15, -0.1) is 0 Å². The summed E-state index contributed by atoms with van der Waals surface area (Å²) in [7, 11) is 0. The van der Waals surface area contributed by atoms with Gasteiger partial charge in [-0.2, -0.15) is 18.3 Å². The first-order valence-electron chi connectivity index (χ1n) is 7.47. The molecule has 0 spiro atoms. The largest absolute Gasteiger partial charge is 0.438 e. The molecule has 25 heavy (non-hydrogen) atoms. The fraction of sp³-hybridized carbons (Fsp3) is 0.222. The van der Waals surface area contributed by atoms with Gasteiger partial charge in [0.15, 0.2) is 5.78 Å². The maximum Gasteiger partial charge on any atom is 0.438 e. The number of nitrogens with one attached hydrogen (secondary N) is 1. The number of aliphatic hydroxyl groups is 1. The molecule has 2 aromatic carbocycles. The number of nitrogens with zero attached hydrogens (tertiary/aromatic N) is 1. The van der Waals surface area contributed by atoms with Gasteiger partial charge in [0.25, 0.3) is 5.72 Å². The summed E-state index contributed by atoms with van der Waals surface area (Å²) in [6, 6.07) is 17.7. The van der Waals surface area contributed by atoms with Crippen molar-refractivity contribution in [3.8, 4) is 0 Å². The molecule has 1 unspecified atom stereocenters. The van der Waals surface area contributed by atoms with Gasteiger partial charge in [0.2, 0.25) is 0 Å². The highest BCUT2D eigenvalue weighted by atomic mass is 19.4. The van der Waals surface area contributed by atoms with Crippen LogP contribution in [0, 0.1) is 0 Å². The van der Waals surface area contributed by atoms with E-state index in [1.807, 2.05) is 30.3 Å². The highest BCUT2D eigenvalue weighted by Crippen LogP contribution is 2.34. The van der Waals surface area contributed by atoms with Crippen LogP contribution in [0.15, 0.2) is 65.8 Å². The first kappa shape index (κ1) is 18.7. The van der Waals surface area contributed by atoms with E-state index in [2.05, 4.69) is 5.10 Å². The number of benzene rings is 2. The van der Waals surface area contributed by atoms with E-state index in [9.17, 15) is 23.1 Å². The first-order chi connectivity index (χ1) is 11.7. The number of ketones is 1. The topological polar surface area (TPSA) is 61.7 Å². The molecule has 0 saturated heterocycles. The van der Waals surface area contributed by atoms with Gasteiger partial charge >= 0.3 is 6.18 Å². The third-order valence-corrected chi connectivity index (χ3v) is 3.56. The average Bonchev–Trinajstić information content (AvgIpc) is 3.01. The van der Waals surface area contributed by atoms with Crippen LogP contribution in [0.25, 0.3) is 0 Å². The second-order valence-electron chi connectivity index (χ2n) is 5.49. The van der Waals surface area contributed by atoms with Crippen LogP contribution in [0.2, 0.25) is 0 Å². The molecular weight excluding hydrogens is 333 g/mol. The van der Waals surface area contributed by atoms with Crippen LogP contribution in [0.3, 0.4) is 0 Å². The molecule has 0 aromatic heterocycles. The summed E-state index contributed by atoms with van der Waals surface area (Å²) in [6.07, 6.45) is -5.33. The molecule has 1 aliphatic rings. The lowest BCUT2D eigenvalue weighted by molar-refractivity contribution is -0.266. The van der Waals surface area contributed by atoms with Crippen LogP contribution in [-0.2, 0) is 0 Å². The van der Waals surface area contributed by atoms with Crippen LogP contribution < -0.4 is 5.43 Å². The van der Waals surface area contributed by atoms with Crippen molar-refractivity contribution in [2.24, 2.45) is 5.10 Å². The highest BCUT2D eigenvalue weighted by molar-refractivity contribution is 6.02. The maximum atomic E-state index is 12.4. The predicted octanol–water partition coefficient (Wildman–Crippen LogP) is 3.52. The molecular formula is C18H17F3N2O2. The molecule has 1 aliphatic heterocycles. The normalized spacial score (nSPS) is 19.3. The number of rotatable bonds is 2. The summed E-state index contributed by atoms with van der Waals surface area (Å²) < 4.78 is 37.3. The SMILES string of the molecule is CC(=O)c1ccccc1.OC1(C(F)(F)F)CC(c2ccccc2)=NN1. The number of hydrogen-bond acceptors (Lipinski definition) is 4. The van der Waals surface area contributed by atoms with Crippen molar-refractivity contribution >= 4 is 11.5 Å². The van der Waals surface area contributed by atoms with Crippen LogP contribution in [0.1, 0.15) is 29.3 Å². The second kappa shape index (κ2) is 7.48. The summed E-state index contributed by atoms with van der Waals surface area (Å²) >= 11 is 0. The van der Waals surface area contributed by atoms with E-state index in [0.29, 0.717) is 5.56 Å². The molecule has 2 aromatic rings. The number of alkyl halides is 3. The zero-order chi connectivity index (χ0) is 18.5. The minimum absolute atomic E-state index is 0.121. The number of Topliss-reactive ketones (excluding diaryl/α,β-unsaturated/α-hetero) is 1. The zero-order valence-corrected chi connectivity index (χ0v) is 13.4. The Morgan fingerprint density at radius 2 is 1.60 bits per heavy atom. The van der Waals surface area contributed by atoms with Gasteiger partial charge in [-0.3, -0.25) is 10.2 Å². The van der Waals surface area contributed by atoms with E-state index in [0.717, 1.165) is 5.56 Å². The van der Waals surface area contributed by atoms with Gasteiger partial charge in [0.1, 0.15) is 0 Å². The molecule has 1 heterocycles. The Kier molecular flexibility index (Phi) is 5.58. The molecule has 0 radical (unpaired) electrons. The van der Waals surface area contributed by atoms with Crippen molar-refractivity contribution in [1.29, 1.82) is 0 Å². The van der Waals surface area contributed by atoms with Gasteiger partial charge in [0.05, 0.1) is 12.1 Å². The highest BCUT2D eigenvalue weighted by Gasteiger charge is 2.57. The Morgan fingerprint density at radius 3 is 2.00 bits per heavy atom. The fourth-order valence-electron chi connectivity index (χ4n) is 2.11. The molecule has 4 nitrogen and oxygen atoms in total. The molecule has 132 valence electrons. The standard InChI is InChI=1S/C10H9F3N2O.C8H8O/c11-10(12,13)9(16)6-8(14-15-9)7-4-2-1-3-5-7;1-7(9)8-5-3-2-4-6-8/h1-5,15-16H,6H2;2-6H,1H3. The molecule has 0 fully saturated rings. The Labute approximate surface area is 143 Å². The molecule has 2 N–H and O–H groups in total. The van der Waals surface area contributed by atoms with Crippen molar-refractivity contribution in [3.05, 3.63) is 71.8 Å². The zero-order valence-electron chi connectivity index (χ0n) is 13.4. The van der Waals surface area contributed by atoms with E-state index in [4.69, 9.17) is 0 Å². The molecule has 7 heteroatoms. The van der Waals surface area contributed by atoms with E-state index >= 15 is 0 Å². The van der Waals surface area contributed by atoms with Crippen LogP contribution in [0.4, 0.5) is 13.2 Å². The number of carbonyl (C=O) groups excluding carboxylic acids is 1. The molecule has 3 rings (SSSR count). The molecule has 0 aliphatic carbocycles. The third kappa shape index (κ3) is 4.67. The summed E-state index contributed by atoms with van der Waals surface area (Å²) in [5.41, 5.74) is 0.329. The lowest BCUT2D eigenvalue weighted by Gasteiger charge is -2.24. The minimum atomic E-state index is -4.74. The number of hydrazone groups is 1. The second-order valence-corrected chi connectivity index (χ2v) is 5.49. The van der Waals surface area contributed by atoms with Gasteiger partial charge in [-0.05, 0) is 12.5 Å². The summed E-state index contributed by atoms with van der Waals surface area (Å²) in [5, 5.41) is 12.8. The molecule has 0 amide bonds. The van der Waals surface area contributed by atoms with Gasteiger partial charge < -0.3 is 5.11 Å². The minimum Gasteiger partial charge on any atom is -0.362 e. The summed E-state index contributed by atoms with van der Waals surface area (Å²) in [5.74, 6) is 0.121. The molecule has 0 saturated carbocycles. The predicted molar refractivity (Wildman–Crippen MR) is 88.2 cm³/mol. The van der Waals surface area contributed by atoms with Crippen LogP contribution in [-0.4, -0.2) is 28.5 Å². The average molecular weight is 350 g/mol. The Hall–Kier alpha value is -2.67. The quantitative estimate of drug-likeness (QED) is 0.815. The Balaban J connectivity index is 0.000000212. The van der Waals surface area contributed by atoms with E-state index in [-0.39, 0.29) is 11.5 Å². The van der Waals surface area contributed by atoms with Gasteiger partial charge in [0, 0.05) is 5.56 Å². The summed E-state index contributed by atoms with van der Waals surface area (Å²) in [4.78, 5) is 10.6. The smallest absolute Gasteiger partial charge is 0.362 e. The Bertz CT molecular complexity index is 746. The third-order valence-electron chi connectivity index (χ3n) is 3.56. The lowest BCUT2D eigenvalue weighted by atomic mass is 10.0. The molecule has 0 bridgehead atoms. The first-order valence-corrected chi connectivity index (χ1v) is 7.47. The monoisotopic (exact) mass is 350 g/mol. The van der Waals surface area contributed by atoms with E-state index in [1.54, 1.807) is 42.7 Å². The van der Waals surface area contributed by atoms with E-state index < -0.39 is 18.3 Å². The van der Waals surface area contributed by atoms with Crippen molar-refractivity contribution in [3.63, 3.8) is 0 Å². The van der Waals surface area contributed by atoms with Crippen molar-refractivity contribution < 1.29 is 23.1 Å². The van der Waals surface area contributed by atoms with Crippen LogP contribution >= 0.6 is 0 Å². The van der Waals surface area contributed by atoms with Gasteiger partial charge in [-0.25, -0.2) is 0 Å². The van der Waals surface area contributed by atoms with Crippen molar-refractivity contribution in [2.75, 3.05) is 0 Å².